The lowest BCUT2D eigenvalue weighted by atomic mass is 9.84. The summed E-state index contributed by atoms with van der Waals surface area (Å²) in [6.07, 6.45) is -0.110. The topological polar surface area (TPSA) is 81.5 Å². The smallest absolute Gasteiger partial charge is 0.123 e. The highest BCUT2D eigenvalue weighted by Gasteiger charge is 2.23. The van der Waals surface area contributed by atoms with E-state index in [4.69, 9.17) is 16.2 Å². The molecule has 0 amide bonds. The Labute approximate surface area is 134 Å². The normalized spacial score (nSPS) is 15.0. The minimum absolute atomic E-state index is 0.0694. The summed E-state index contributed by atoms with van der Waals surface area (Å²) < 4.78 is 5.93. The number of hydrogen-bond acceptors (Lipinski definition) is 4. The van der Waals surface area contributed by atoms with Gasteiger partial charge in [-0.2, -0.15) is 0 Å². The van der Waals surface area contributed by atoms with E-state index >= 15 is 0 Å². The lowest BCUT2D eigenvalue weighted by Gasteiger charge is -2.26. The second-order valence-electron chi connectivity index (χ2n) is 7.40. The van der Waals surface area contributed by atoms with Gasteiger partial charge in [0.05, 0.1) is 12.7 Å². The SMILES string of the molecule is CC(C)COc1ccc(C(O)C(N)CCN)cc1C(C)(C)C. The number of ether oxygens (including phenoxy) is 1. The summed E-state index contributed by atoms with van der Waals surface area (Å²) in [6.45, 7) is 11.8. The Balaban J connectivity index is 3.09. The zero-order valence-electron chi connectivity index (χ0n) is 14.6. The summed E-state index contributed by atoms with van der Waals surface area (Å²) in [4.78, 5) is 0. The third-order valence-electron chi connectivity index (χ3n) is 3.63. The van der Waals surface area contributed by atoms with Crippen molar-refractivity contribution in [2.24, 2.45) is 17.4 Å². The molecule has 1 rings (SSSR count). The molecule has 4 heteroatoms. The molecule has 1 aromatic rings. The lowest BCUT2D eigenvalue weighted by molar-refractivity contribution is 0.143. The van der Waals surface area contributed by atoms with Gasteiger partial charge in [0.25, 0.3) is 0 Å². The van der Waals surface area contributed by atoms with Crippen LogP contribution in [0.5, 0.6) is 5.75 Å². The van der Waals surface area contributed by atoms with Crippen molar-refractivity contribution in [1.29, 1.82) is 0 Å². The number of benzene rings is 1. The Bertz CT molecular complexity index is 467. The molecule has 0 radical (unpaired) electrons. The van der Waals surface area contributed by atoms with Crippen molar-refractivity contribution in [2.45, 2.75) is 58.6 Å². The third-order valence-corrected chi connectivity index (χ3v) is 3.63. The maximum Gasteiger partial charge on any atom is 0.123 e. The van der Waals surface area contributed by atoms with Gasteiger partial charge in [-0.3, -0.25) is 0 Å². The molecule has 1 aromatic carbocycles. The molecule has 0 heterocycles. The van der Waals surface area contributed by atoms with E-state index in [2.05, 4.69) is 34.6 Å². The second kappa shape index (κ2) is 7.95. The number of rotatable bonds is 7. The lowest BCUT2D eigenvalue weighted by Crippen LogP contribution is -2.31. The molecule has 2 unspecified atom stereocenters. The van der Waals surface area contributed by atoms with Gasteiger partial charge in [0.15, 0.2) is 0 Å². The van der Waals surface area contributed by atoms with Gasteiger partial charge in [-0.15, -0.1) is 0 Å². The van der Waals surface area contributed by atoms with E-state index in [1.54, 1.807) is 0 Å². The Hall–Kier alpha value is -1.10. The summed E-state index contributed by atoms with van der Waals surface area (Å²) in [5, 5.41) is 10.4. The van der Waals surface area contributed by atoms with Gasteiger partial charge >= 0.3 is 0 Å². The van der Waals surface area contributed by atoms with Gasteiger partial charge in [-0.05, 0) is 47.6 Å². The molecule has 0 aliphatic rings. The van der Waals surface area contributed by atoms with Gasteiger partial charge in [0.1, 0.15) is 5.75 Å². The highest BCUT2D eigenvalue weighted by Crippen LogP contribution is 2.34. The van der Waals surface area contributed by atoms with Crippen LogP contribution in [0.2, 0.25) is 0 Å². The quantitative estimate of drug-likeness (QED) is 0.723. The average molecular weight is 308 g/mol. The van der Waals surface area contributed by atoms with Gasteiger partial charge in [0, 0.05) is 6.04 Å². The first-order valence-corrected chi connectivity index (χ1v) is 8.07. The minimum Gasteiger partial charge on any atom is -0.493 e. The van der Waals surface area contributed by atoms with Crippen molar-refractivity contribution in [3.63, 3.8) is 0 Å². The van der Waals surface area contributed by atoms with E-state index < -0.39 is 6.10 Å². The predicted octanol–water partition coefficient (Wildman–Crippen LogP) is 2.73. The summed E-state index contributed by atoms with van der Waals surface area (Å²) in [6, 6.07) is 5.50. The minimum atomic E-state index is -0.705. The molecule has 0 aliphatic heterocycles. The van der Waals surface area contributed by atoms with E-state index in [1.807, 2.05) is 18.2 Å². The molecule has 0 saturated heterocycles. The Morgan fingerprint density at radius 1 is 1.23 bits per heavy atom. The van der Waals surface area contributed by atoms with E-state index in [-0.39, 0.29) is 11.5 Å². The summed E-state index contributed by atoms with van der Waals surface area (Å²) in [7, 11) is 0. The molecule has 2 atom stereocenters. The highest BCUT2D eigenvalue weighted by atomic mass is 16.5. The molecule has 0 fully saturated rings. The van der Waals surface area contributed by atoms with Gasteiger partial charge in [-0.1, -0.05) is 40.7 Å². The predicted molar refractivity (Wildman–Crippen MR) is 92.1 cm³/mol. The number of aliphatic hydroxyl groups excluding tert-OH is 1. The Morgan fingerprint density at radius 3 is 2.36 bits per heavy atom. The molecule has 0 bridgehead atoms. The molecular weight excluding hydrogens is 276 g/mol. The molecular formula is C18H32N2O2. The molecule has 22 heavy (non-hydrogen) atoms. The molecule has 0 aliphatic carbocycles. The fourth-order valence-electron chi connectivity index (χ4n) is 2.30. The Morgan fingerprint density at radius 2 is 1.86 bits per heavy atom. The van der Waals surface area contributed by atoms with Crippen molar-refractivity contribution in [3.05, 3.63) is 29.3 Å². The van der Waals surface area contributed by atoms with Gasteiger partial charge in [0.2, 0.25) is 0 Å². The zero-order chi connectivity index (χ0) is 16.9. The van der Waals surface area contributed by atoms with Crippen molar-refractivity contribution >= 4 is 0 Å². The van der Waals surface area contributed by atoms with Crippen LogP contribution >= 0.6 is 0 Å². The van der Waals surface area contributed by atoms with Crippen LogP contribution in [0.4, 0.5) is 0 Å². The van der Waals surface area contributed by atoms with E-state index in [0.717, 1.165) is 16.9 Å². The number of aliphatic hydroxyl groups is 1. The van der Waals surface area contributed by atoms with Crippen LogP contribution in [0.15, 0.2) is 18.2 Å². The monoisotopic (exact) mass is 308 g/mol. The maximum atomic E-state index is 10.4. The first-order valence-electron chi connectivity index (χ1n) is 8.07. The van der Waals surface area contributed by atoms with Crippen LogP contribution < -0.4 is 16.2 Å². The van der Waals surface area contributed by atoms with Crippen LogP contribution in [-0.2, 0) is 5.41 Å². The van der Waals surface area contributed by atoms with Crippen LogP contribution in [-0.4, -0.2) is 24.3 Å². The summed E-state index contributed by atoms with van der Waals surface area (Å²) >= 11 is 0. The molecule has 0 aromatic heterocycles. The van der Waals surface area contributed by atoms with Crippen LogP contribution in [0, 0.1) is 5.92 Å². The third kappa shape index (κ3) is 5.27. The maximum absolute atomic E-state index is 10.4. The first-order chi connectivity index (χ1) is 10.2. The second-order valence-corrected chi connectivity index (χ2v) is 7.40. The van der Waals surface area contributed by atoms with Crippen LogP contribution in [0.25, 0.3) is 0 Å². The molecule has 0 spiro atoms. The van der Waals surface area contributed by atoms with Crippen LogP contribution in [0.3, 0.4) is 0 Å². The molecule has 4 nitrogen and oxygen atoms in total. The van der Waals surface area contributed by atoms with Crippen LogP contribution in [0.1, 0.15) is 58.3 Å². The van der Waals surface area contributed by atoms with Crippen molar-refractivity contribution in [2.75, 3.05) is 13.2 Å². The van der Waals surface area contributed by atoms with E-state index in [1.165, 1.54) is 0 Å². The largest absolute Gasteiger partial charge is 0.493 e. The molecule has 5 N–H and O–H groups in total. The summed E-state index contributed by atoms with van der Waals surface area (Å²) in [5.41, 5.74) is 13.4. The average Bonchev–Trinajstić information content (AvgIpc) is 2.43. The molecule has 0 saturated carbocycles. The zero-order valence-corrected chi connectivity index (χ0v) is 14.6. The highest BCUT2D eigenvalue weighted by molar-refractivity contribution is 5.42. The van der Waals surface area contributed by atoms with Gasteiger partial charge < -0.3 is 21.3 Å². The van der Waals surface area contributed by atoms with Crippen molar-refractivity contribution in [1.82, 2.24) is 0 Å². The first kappa shape index (κ1) is 18.9. The number of nitrogens with two attached hydrogens (primary N) is 2. The Kier molecular flexibility index (Phi) is 6.85. The fourth-order valence-corrected chi connectivity index (χ4v) is 2.30. The molecule has 126 valence electrons. The van der Waals surface area contributed by atoms with E-state index in [9.17, 15) is 5.11 Å². The summed E-state index contributed by atoms with van der Waals surface area (Å²) in [5.74, 6) is 1.35. The van der Waals surface area contributed by atoms with E-state index in [0.29, 0.717) is 25.5 Å². The fraction of sp³-hybridized carbons (Fsp3) is 0.667. The van der Waals surface area contributed by atoms with Gasteiger partial charge in [-0.25, -0.2) is 0 Å². The number of hydrogen-bond donors (Lipinski definition) is 3. The standard InChI is InChI=1S/C18H32N2O2/c1-12(2)11-22-16-7-6-13(10-14(16)18(3,4)5)17(21)15(20)8-9-19/h6-7,10,12,15,17,21H,8-9,11,19-20H2,1-5H3. The van der Waals surface area contributed by atoms with Crippen molar-refractivity contribution in [3.8, 4) is 5.75 Å². The van der Waals surface area contributed by atoms with Crippen molar-refractivity contribution < 1.29 is 9.84 Å².